The molecular formula is C13H14N2O3S. The highest BCUT2D eigenvalue weighted by molar-refractivity contribution is 7.89. The average molecular weight is 278 g/mol. The largest absolute Gasteiger partial charge is 0.463 e. The maximum atomic E-state index is 12.0. The van der Waals surface area contributed by atoms with Crippen LogP contribution in [0.2, 0.25) is 0 Å². The predicted octanol–water partition coefficient (Wildman–Crippen LogP) is 2.29. The van der Waals surface area contributed by atoms with Crippen LogP contribution in [0.4, 0.5) is 0 Å². The van der Waals surface area contributed by atoms with Crippen LogP contribution in [0.1, 0.15) is 18.2 Å². The van der Waals surface area contributed by atoms with Gasteiger partial charge in [-0.2, -0.15) is 18.4 Å². The van der Waals surface area contributed by atoms with Gasteiger partial charge in [-0.1, -0.05) is 17.7 Å². The molecule has 0 amide bonds. The fraction of sp³-hybridized carbons (Fsp3) is 0.154. The van der Waals surface area contributed by atoms with Crippen LogP contribution in [0.3, 0.4) is 0 Å². The summed E-state index contributed by atoms with van der Waals surface area (Å²) in [5, 5.41) is 3.82. The smallest absolute Gasteiger partial charge is 0.276 e. The minimum absolute atomic E-state index is 0.175. The van der Waals surface area contributed by atoms with Crippen molar-refractivity contribution in [1.29, 1.82) is 0 Å². The lowest BCUT2D eigenvalue weighted by atomic mass is 10.2. The van der Waals surface area contributed by atoms with Gasteiger partial charge in [-0.05, 0) is 38.1 Å². The zero-order chi connectivity index (χ0) is 13.9. The number of sulfonamides is 1. The molecule has 6 heteroatoms. The van der Waals surface area contributed by atoms with Crippen molar-refractivity contribution in [2.75, 3.05) is 0 Å². The van der Waals surface area contributed by atoms with Gasteiger partial charge in [0.15, 0.2) is 0 Å². The van der Waals surface area contributed by atoms with Gasteiger partial charge in [-0.25, -0.2) is 0 Å². The molecule has 1 aromatic heterocycles. The predicted molar refractivity (Wildman–Crippen MR) is 72.4 cm³/mol. The molecule has 0 bridgehead atoms. The van der Waals surface area contributed by atoms with E-state index in [2.05, 4.69) is 9.93 Å². The Labute approximate surface area is 112 Å². The monoisotopic (exact) mass is 278 g/mol. The van der Waals surface area contributed by atoms with Crippen LogP contribution in [-0.4, -0.2) is 14.1 Å². The number of hydrazone groups is 1. The third-order valence-corrected chi connectivity index (χ3v) is 3.77. The Morgan fingerprint density at radius 1 is 1.21 bits per heavy atom. The molecule has 0 saturated heterocycles. The summed E-state index contributed by atoms with van der Waals surface area (Å²) in [5.41, 5.74) is 1.45. The molecule has 0 fully saturated rings. The molecule has 2 aromatic rings. The number of benzene rings is 1. The average Bonchev–Trinajstić information content (AvgIpc) is 2.90. The van der Waals surface area contributed by atoms with Crippen LogP contribution in [0.25, 0.3) is 0 Å². The van der Waals surface area contributed by atoms with Crippen molar-refractivity contribution < 1.29 is 12.8 Å². The number of nitrogens with zero attached hydrogens (tertiary/aromatic N) is 1. The first kappa shape index (κ1) is 13.4. The molecule has 0 unspecified atom stereocenters. The van der Waals surface area contributed by atoms with Crippen LogP contribution in [0.5, 0.6) is 0 Å². The third kappa shape index (κ3) is 3.23. The van der Waals surface area contributed by atoms with Crippen molar-refractivity contribution in [2.24, 2.45) is 5.10 Å². The Kier molecular flexibility index (Phi) is 3.71. The van der Waals surface area contributed by atoms with Gasteiger partial charge in [-0.3, -0.25) is 0 Å². The van der Waals surface area contributed by atoms with E-state index in [9.17, 15) is 8.42 Å². The van der Waals surface area contributed by atoms with Gasteiger partial charge >= 0.3 is 0 Å². The molecule has 100 valence electrons. The Morgan fingerprint density at radius 3 is 2.47 bits per heavy atom. The van der Waals surface area contributed by atoms with Gasteiger partial charge < -0.3 is 4.42 Å². The Balaban J connectivity index is 2.18. The Morgan fingerprint density at radius 2 is 1.89 bits per heavy atom. The van der Waals surface area contributed by atoms with E-state index in [1.807, 2.05) is 6.92 Å². The summed E-state index contributed by atoms with van der Waals surface area (Å²) in [4.78, 5) is 2.36. The minimum Gasteiger partial charge on any atom is -0.463 e. The van der Waals surface area contributed by atoms with E-state index in [0.29, 0.717) is 11.5 Å². The second-order valence-corrected chi connectivity index (χ2v) is 5.74. The molecule has 1 aromatic carbocycles. The van der Waals surface area contributed by atoms with E-state index in [1.54, 1.807) is 31.2 Å². The van der Waals surface area contributed by atoms with Crippen molar-refractivity contribution in [1.82, 2.24) is 4.83 Å². The number of hydrogen-bond donors (Lipinski definition) is 1. The van der Waals surface area contributed by atoms with Crippen molar-refractivity contribution in [3.8, 4) is 0 Å². The molecule has 1 N–H and O–H groups in total. The summed E-state index contributed by atoms with van der Waals surface area (Å²) in [5.74, 6) is 0.520. The molecule has 5 nitrogen and oxygen atoms in total. The first-order valence-electron chi connectivity index (χ1n) is 5.66. The third-order valence-electron chi connectivity index (χ3n) is 2.54. The second-order valence-electron chi connectivity index (χ2n) is 4.08. The van der Waals surface area contributed by atoms with Crippen LogP contribution in [-0.2, 0) is 10.0 Å². The lowest BCUT2D eigenvalue weighted by molar-refractivity contribution is 0.556. The molecule has 0 aliphatic heterocycles. The lowest BCUT2D eigenvalue weighted by Crippen LogP contribution is -2.19. The molecular weight excluding hydrogens is 264 g/mol. The van der Waals surface area contributed by atoms with Gasteiger partial charge in [0, 0.05) is 0 Å². The van der Waals surface area contributed by atoms with Crippen LogP contribution in [0, 0.1) is 6.92 Å². The quantitative estimate of drug-likeness (QED) is 0.689. The summed E-state index contributed by atoms with van der Waals surface area (Å²) < 4.78 is 29.1. The highest BCUT2D eigenvalue weighted by Gasteiger charge is 2.12. The first-order chi connectivity index (χ1) is 8.99. The van der Waals surface area contributed by atoms with E-state index < -0.39 is 10.0 Å². The molecule has 0 aliphatic rings. The number of rotatable bonds is 4. The van der Waals surface area contributed by atoms with E-state index in [4.69, 9.17) is 4.42 Å². The van der Waals surface area contributed by atoms with Gasteiger partial charge in [0.05, 0.1) is 11.2 Å². The SMILES string of the molecule is C/C(=N\NS(=O)(=O)c1ccc(C)cc1)c1ccco1. The van der Waals surface area contributed by atoms with Crippen molar-refractivity contribution in [3.63, 3.8) is 0 Å². The topological polar surface area (TPSA) is 71.7 Å². The minimum atomic E-state index is -3.64. The van der Waals surface area contributed by atoms with E-state index >= 15 is 0 Å². The molecule has 0 saturated carbocycles. The summed E-state index contributed by atoms with van der Waals surface area (Å²) in [6.45, 7) is 3.56. The molecule has 0 radical (unpaired) electrons. The molecule has 19 heavy (non-hydrogen) atoms. The Hall–Kier alpha value is -2.08. The Bertz CT molecular complexity index is 671. The number of furan rings is 1. The van der Waals surface area contributed by atoms with Gasteiger partial charge in [0.25, 0.3) is 10.0 Å². The number of hydrogen-bond acceptors (Lipinski definition) is 4. The summed E-state index contributed by atoms with van der Waals surface area (Å²) in [6.07, 6.45) is 1.50. The van der Waals surface area contributed by atoms with Crippen molar-refractivity contribution in [3.05, 3.63) is 54.0 Å². The maximum absolute atomic E-state index is 12.0. The highest BCUT2D eigenvalue weighted by Crippen LogP contribution is 2.10. The zero-order valence-corrected chi connectivity index (χ0v) is 11.4. The van der Waals surface area contributed by atoms with Crippen molar-refractivity contribution >= 4 is 15.7 Å². The lowest BCUT2D eigenvalue weighted by Gasteiger charge is -2.04. The van der Waals surface area contributed by atoms with Crippen LogP contribution >= 0.6 is 0 Å². The molecule has 2 rings (SSSR count). The fourth-order valence-corrected chi connectivity index (χ4v) is 2.30. The first-order valence-corrected chi connectivity index (χ1v) is 7.14. The second kappa shape index (κ2) is 5.27. The summed E-state index contributed by atoms with van der Waals surface area (Å²) in [6, 6.07) is 9.96. The zero-order valence-electron chi connectivity index (χ0n) is 10.6. The van der Waals surface area contributed by atoms with Gasteiger partial charge in [-0.15, -0.1) is 0 Å². The van der Waals surface area contributed by atoms with Crippen LogP contribution in [0.15, 0.2) is 57.1 Å². The van der Waals surface area contributed by atoms with E-state index in [1.165, 1.54) is 18.4 Å². The standard InChI is InChI=1S/C13H14N2O3S/c1-10-5-7-12(8-6-10)19(16,17)15-14-11(2)13-4-3-9-18-13/h3-9,15H,1-2H3/b14-11+. The van der Waals surface area contributed by atoms with E-state index in [0.717, 1.165) is 5.56 Å². The molecule has 0 spiro atoms. The highest BCUT2D eigenvalue weighted by atomic mass is 32.2. The fourth-order valence-electron chi connectivity index (χ4n) is 1.44. The maximum Gasteiger partial charge on any atom is 0.276 e. The van der Waals surface area contributed by atoms with Crippen LogP contribution < -0.4 is 4.83 Å². The van der Waals surface area contributed by atoms with E-state index in [-0.39, 0.29) is 4.90 Å². The number of nitrogens with one attached hydrogen (secondary N) is 1. The number of aryl methyl sites for hydroxylation is 1. The summed E-state index contributed by atoms with van der Waals surface area (Å²) >= 11 is 0. The molecule has 0 aliphatic carbocycles. The molecule has 1 heterocycles. The normalized spacial score (nSPS) is 12.4. The van der Waals surface area contributed by atoms with Gasteiger partial charge in [0.1, 0.15) is 11.5 Å². The molecule has 0 atom stereocenters. The summed E-state index contributed by atoms with van der Waals surface area (Å²) in [7, 11) is -3.64. The van der Waals surface area contributed by atoms with Crippen molar-refractivity contribution in [2.45, 2.75) is 18.7 Å². The van der Waals surface area contributed by atoms with Gasteiger partial charge in [0.2, 0.25) is 0 Å².